The number of thioether (sulfide) groups is 1. The Labute approximate surface area is 178 Å². The lowest BCUT2D eigenvalue weighted by atomic mass is 10.1. The minimum Gasteiger partial charge on any atom is -0.481 e. The molecule has 9 heteroatoms. The first-order valence-corrected chi connectivity index (χ1v) is 11.9. The number of rotatable bonds is 7. The number of fused-ring (bicyclic) bond motifs is 2. The van der Waals surface area contributed by atoms with Crippen molar-refractivity contribution in [2.45, 2.75) is 30.6 Å². The third-order valence-corrected chi connectivity index (χ3v) is 8.23. The quantitative estimate of drug-likeness (QED) is 0.417. The van der Waals surface area contributed by atoms with Crippen molar-refractivity contribution < 1.29 is 18.3 Å². The third kappa shape index (κ3) is 4.21. The molecule has 1 aromatic heterocycles. The second-order valence-electron chi connectivity index (χ2n) is 6.53. The van der Waals surface area contributed by atoms with Crippen molar-refractivity contribution in [2.75, 3.05) is 18.8 Å². The largest absolute Gasteiger partial charge is 0.481 e. The van der Waals surface area contributed by atoms with Gasteiger partial charge in [-0.15, -0.1) is 11.8 Å². The zero-order valence-corrected chi connectivity index (χ0v) is 18.7. The molecular formula is C20H21ClN2O4S2. The number of aliphatic carboxylic acids is 1. The van der Waals surface area contributed by atoms with E-state index in [1.54, 1.807) is 13.8 Å². The van der Waals surface area contributed by atoms with E-state index in [1.807, 2.05) is 25.1 Å². The van der Waals surface area contributed by atoms with Crippen LogP contribution in [0.3, 0.4) is 0 Å². The van der Waals surface area contributed by atoms with Crippen LogP contribution in [0, 0.1) is 6.92 Å². The summed E-state index contributed by atoms with van der Waals surface area (Å²) in [5, 5.41) is 10.6. The van der Waals surface area contributed by atoms with Crippen molar-refractivity contribution in [3.05, 3.63) is 40.9 Å². The first kappa shape index (κ1) is 21.8. The summed E-state index contributed by atoms with van der Waals surface area (Å²) in [5.41, 5.74) is 2.23. The molecule has 0 aliphatic rings. The highest BCUT2D eigenvalue weighted by Gasteiger charge is 2.26. The molecule has 3 aromatic rings. The summed E-state index contributed by atoms with van der Waals surface area (Å²) in [4.78, 5) is 16.5. The van der Waals surface area contributed by atoms with E-state index in [0.717, 1.165) is 22.7 Å². The summed E-state index contributed by atoms with van der Waals surface area (Å²) >= 11 is 7.51. The summed E-state index contributed by atoms with van der Waals surface area (Å²) in [6, 6.07) is 8.78. The van der Waals surface area contributed by atoms with Gasteiger partial charge in [-0.05, 0) is 31.2 Å². The number of hydrogen-bond acceptors (Lipinski definition) is 5. The fourth-order valence-corrected chi connectivity index (χ4v) is 6.10. The third-order valence-electron chi connectivity index (χ3n) is 4.60. The number of pyridine rings is 1. The molecule has 0 saturated carbocycles. The van der Waals surface area contributed by atoms with E-state index in [4.69, 9.17) is 11.6 Å². The van der Waals surface area contributed by atoms with Crippen molar-refractivity contribution >= 4 is 61.2 Å². The second-order valence-corrected chi connectivity index (χ2v) is 9.83. The van der Waals surface area contributed by atoms with Crippen LogP contribution in [0.4, 0.5) is 0 Å². The monoisotopic (exact) mass is 452 g/mol. The molecule has 0 saturated heterocycles. The van der Waals surface area contributed by atoms with Crippen LogP contribution in [0.2, 0.25) is 5.02 Å². The molecule has 1 heterocycles. The average Bonchev–Trinajstić information content (AvgIpc) is 2.65. The molecule has 0 amide bonds. The van der Waals surface area contributed by atoms with Crippen molar-refractivity contribution in [2.24, 2.45) is 0 Å². The van der Waals surface area contributed by atoms with Crippen LogP contribution < -0.4 is 0 Å². The lowest BCUT2D eigenvalue weighted by Gasteiger charge is -2.20. The first-order chi connectivity index (χ1) is 13.7. The number of carboxylic acid groups (broad SMARTS) is 1. The fourth-order valence-electron chi connectivity index (χ4n) is 3.21. The van der Waals surface area contributed by atoms with E-state index < -0.39 is 16.0 Å². The number of carboxylic acids is 1. The molecule has 0 atom stereocenters. The lowest BCUT2D eigenvalue weighted by Crippen LogP contribution is -2.30. The zero-order chi connectivity index (χ0) is 21.3. The average molecular weight is 453 g/mol. The number of carbonyl (C=O) groups is 1. The van der Waals surface area contributed by atoms with Gasteiger partial charge in [-0.1, -0.05) is 37.1 Å². The normalized spacial score (nSPS) is 12.2. The summed E-state index contributed by atoms with van der Waals surface area (Å²) in [5.74, 6) is -1.10. The number of aryl methyl sites for hydroxylation is 1. The van der Waals surface area contributed by atoms with E-state index in [2.05, 4.69) is 4.98 Å². The number of benzene rings is 2. The molecule has 0 aliphatic heterocycles. The van der Waals surface area contributed by atoms with Gasteiger partial charge in [-0.25, -0.2) is 13.4 Å². The van der Waals surface area contributed by atoms with Gasteiger partial charge < -0.3 is 5.11 Å². The van der Waals surface area contributed by atoms with E-state index in [9.17, 15) is 18.3 Å². The SMILES string of the molecule is CCN(CC)S(=O)(=O)c1cc2c(SCC(=O)O)c3cc(C)ccc3nc2cc1Cl. The summed E-state index contributed by atoms with van der Waals surface area (Å²) in [7, 11) is -3.78. The molecule has 29 heavy (non-hydrogen) atoms. The van der Waals surface area contributed by atoms with Crippen molar-refractivity contribution in [3.63, 3.8) is 0 Å². The van der Waals surface area contributed by atoms with Gasteiger partial charge in [0.25, 0.3) is 0 Å². The van der Waals surface area contributed by atoms with Gasteiger partial charge in [0.2, 0.25) is 10.0 Å². The van der Waals surface area contributed by atoms with E-state index >= 15 is 0 Å². The summed E-state index contributed by atoms with van der Waals surface area (Å²) in [6.45, 7) is 6.11. The number of sulfonamides is 1. The molecule has 3 rings (SSSR count). The second kappa shape index (κ2) is 8.47. The van der Waals surface area contributed by atoms with Gasteiger partial charge in [0.15, 0.2) is 0 Å². The molecule has 0 aliphatic carbocycles. The highest BCUT2D eigenvalue weighted by Crippen LogP contribution is 2.38. The Morgan fingerprint density at radius 1 is 1.14 bits per heavy atom. The van der Waals surface area contributed by atoms with Gasteiger partial charge >= 0.3 is 5.97 Å². The molecule has 6 nitrogen and oxygen atoms in total. The van der Waals surface area contributed by atoms with Crippen LogP contribution in [0.25, 0.3) is 21.8 Å². The van der Waals surface area contributed by atoms with E-state index in [1.165, 1.54) is 16.4 Å². The van der Waals surface area contributed by atoms with E-state index in [0.29, 0.717) is 34.4 Å². The van der Waals surface area contributed by atoms with Gasteiger partial charge in [-0.3, -0.25) is 4.79 Å². The maximum atomic E-state index is 13.1. The Hall–Kier alpha value is -1.87. The van der Waals surface area contributed by atoms with Gasteiger partial charge in [0.05, 0.1) is 21.8 Å². The zero-order valence-electron chi connectivity index (χ0n) is 16.3. The van der Waals surface area contributed by atoms with E-state index in [-0.39, 0.29) is 15.7 Å². The van der Waals surface area contributed by atoms with Crippen molar-refractivity contribution in [1.82, 2.24) is 9.29 Å². The Morgan fingerprint density at radius 3 is 2.41 bits per heavy atom. The Kier molecular flexibility index (Phi) is 6.38. The minimum absolute atomic E-state index is 0.00125. The van der Waals surface area contributed by atoms with Crippen LogP contribution in [0.15, 0.2) is 40.1 Å². The van der Waals surface area contributed by atoms with Crippen LogP contribution >= 0.6 is 23.4 Å². The number of nitrogens with zero attached hydrogens (tertiary/aromatic N) is 2. The summed E-state index contributed by atoms with van der Waals surface area (Å²) < 4.78 is 27.5. The minimum atomic E-state index is -3.78. The van der Waals surface area contributed by atoms with Crippen molar-refractivity contribution in [1.29, 1.82) is 0 Å². The van der Waals surface area contributed by atoms with Gasteiger partial charge in [0, 0.05) is 28.8 Å². The molecule has 2 aromatic carbocycles. The molecule has 0 radical (unpaired) electrons. The molecule has 0 spiro atoms. The highest BCUT2D eigenvalue weighted by atomic mass is 35.5. The predicted octanol–water partition coefficient (Wildman–Crippen LogP) is 4.56. The highest BCUT2D eigenvalue weighted by molar-refractivity contribution is 8.00. The molecule has 0 bridgehead atoms. The predicted molar refractivity (Wildman–Crippen MR) is 117 cm³/mol. The van der Waals surface area contributed by atoms with Crippen LogP contribution in [-0.4, -0.2) is 47.6 Å². The Bertz CT molecular complexity index is 1210. The van der Waals surface area contributed by atoms with Gasteiger partial charge in [-0.2, -0.15) is 4.31 Å². The molecule has 154 valence electrons. The maximum Gasteiger partial charge on any atom is 0.313 e. The van der Waals surface area contributed by atoms with Crippen LogP contribution in [0.5, 0.6) is 0 Å². The van der Waals surface area contributed by atoms with Crippen molar-refractivity contribution in [3.8, 4) is 0 Å². The fraction of sp³-hybridized carbons (Fsp3) is 0.300. The number of halogens is 1. The standard InChI is InChI=1S/C20H21ClN2O4S2/c1-4-23(5-2)29(26,27)18-9-14-17(10-15(18)21)22-16-7-6-12(3)8-13(16)20(14)28-11-19(24)25/h6-10H,4-5,11H2,1-3H3,(H,24,25). The molecule has 0 fully saturated rings. The number of hydrogen-bond donors (Lipinski definition) is 1. The van der Waals surface area contributed by atoms with Gasteiger partial charge in [0.1, 0.15) is 4.90 Å². The number of aromatic nitrogens is 1. The summed E-state index contributed by atoms with van der Waals surface area (Å²) in [6.07, 6.45) is 0. The molecule has 1 N–H and O–H groups in total. The lowest BCUT2D eigenvalue weighted by molar-refractivity contribution is -0.133. The maximum absolute atomic E-state index is 13.1. The van der Waals surface area contributed by atoms with Crippen LogP contribution in [-0.2, 0) is 14.8 Å². The smallest absolute Gasteiger partial charge is 0.313 e. The Balaban J connectivity index is 2.36. The molecular weight excluding hydrogens is 432 g/mol. The molecule has 0 unspecified atom stereocenters. The first-order valence-electron chi connectivity index (χ1n) is 9.07. The van der Waals surface area contributed by atoms with Crippen LogP contribution in [0.1, 0.15) is 19.4 Å². The Morgan fingerprint density at radius 2 is 1.79 bits per heavy atom. The topological polar surface area (TPSA) is 87.6 Å².